The highest BCUT2D eigenvalue weighted by Gasteiger charge is 2.16. The Hall–Kier alpha value is -2.43. The van der Waals surface area contributed by atoms with Crippen molar-refractivity contribution in [3.8, 4) is 11.3 Å². The molecule has 0 radical (unpaired) electrons. The smallest absolute Gasteiger partial charge is 0.137 e. The molecule has 0 aliphatic carbocycles. The van der Waals surface area contributed by atoms with Crippen molar-refractivity contribution in [1.29, 1.82) is 0 Å². The summed E-state index contributed by atoms with van der Waals surface area (Å²) in [6.07, 6.45) is -0.604. The zero-order valence-corrected chi connectivity index (χ0v) is 13.4. The summed E-state index contributed by atoms with van der Waals surface area (Å²) in [7, 11) is 0. The van der Waals surface area contributed by atoms with Gasteiger partial charge >= 0.3 is 0 Å². The molecule has 0 amide bonds. The molecular formula is C20H20FNO2. The van der Waals surface area contributed by atoms with Crippen LogP contribution in [0.4, 0.5) is 4.39 Å². The van der Waals surface area contributed by atoms with Crippen molar-refractivity contribution in [2.45, 2.75) is 25.6 Å². The van der Waals surface area contributed by atoms with Crippen molar-refractivity contribution in [1.82, 2.24) is 5.32 Å². The summed E-state index contributed by atoms with van der Waals surface area (Å²) >= 11 is 0. The topological polar surface area (TPSA) is 45.4 Å². The third-order valence-electron chi connectivity index (χ3n) is 4.01. The van der Waals surface area contributed by atoms with Gasteiger partial charge in [0.2, 0.25) is 0 Å². The van der Waals surface area contributed by atoms with Crippen molar-refractivity contribution in [2.24, 2.45) is 0 Å². The fourth-order valence-electron chi connectivity index (χ4n) is 2.59. The van der Waals surface area contributed by atoms with E-state index in [0.717, 1.165) is 5.56 Å². The van der Waals surface area contributed by atoms with Crippen molar-refractivity contribution in [3.63, 3.8) is 0 Å². The maximum atomic E-state index is 13.8. The van der Waals surface area contributed by atoms with E-state index in [0.29, 0.717) is 23.6 Å². The lowest BCUT2D eigenvalue weighted by Crippen LogP contribution is -2.31. The second kappa shape index (κ2) is 7.43. The van der Waals surface area contributed by atoms with Gasteiger partial charge in [0.25, 0.3) is 0 Å². The summed E-state index contributed by atoms with van der Waals surface area (Å²) in [4.78, 5) is 0. The summed E-state index contributed by atoms with van der Waals surface area (Å²) in [6, 6.07) is 19.5. The lowest BCUT2D eigenvalue weighted by Gasteiger charge is -2.20. The summed E-state index contributed by atoms with van der Waals surface area (Å²) in [5, 5.41) is 13.6. The highest BCUT2D eigenvalue weighted by molar-refractivity contribution is 5.58. The predicted molar refractivity (Wildman–Crippen MR) is 91.8 cm³/mol. The minimum Gasteiger partial charge on any atom is -0.460 e. The maximum absolute atomic E-state index is 13.8. The Balaban J connectivity index is 1.62. The highest BCUT2D eigenvalue weighted by atomic mass is 19.1. The molecule has 0 aliphatic heterocycles. The van der Waals surface area contributed by atoms with E-state index in [9.17, 15) is 9.50 Å². The average Bonchev–Trinajstić information content (AvgIpc) is 3.09. The average molecular weight is 325 g/mol. The standard InChI is InChI=1S/C20H20FNO2/c1-14(20(23)15-7-3-2-4-8-15)22-13-16-11-12-19(24-16)17-9-5-6-10-18(17)21/h2-12,14,20,22-23H,13H2,1H3/t14-,20+/m0/s1. The Bertz CT molecular complexity index is 785. The fraction of sp³-hybridized carbons (Fsp3) is 0.200. The van der Waals surface area contributed by atoms with Gasteiger partial charge in [-0.05, 0) is 36.8 Å². The van der Waals surface area contributed by atoms with Crippen LogP contribution >= 0.6 is 0 Å². The van der Waals surface area contributed by atoms with E-state index in [1.54, 1.807) is 24.3 Å². The third-order valence-corrected chi connectivity index (χ3v) is 4.01. The number of aliphatic hydroxyl groups excluding tert-OH is 1. The Labute approximate surface area is 140 Å². The zero-order chi connectivity index (χ0) is 16.9. The first kappa shape index (κ1) is 16.4. The van der Waals surface area contributed by atoms with Gasteiger partial charge in [-0.3, -0.25) is 0 Å². The van der Waals surface area contributed by atoms with Gasteiger partial charge in [0.1, 0.15) is 17.3 Å². The number of hydrogen-bond acceptors (Lipinski definition) is 3. The maximum Gasteiger partial charge on any atom is 0.137 e. The summed E-state index contributed by atoms with van der Waals surface area (Å²) in [5.41, 5.74) is 1.31. The number of furan rings is 1. The molecular weight excluding hydrogens is 305 g/mol. The predicted octanol–water partition coefficient (Wildman–Crippen LogP) is 4.30. The van der Waals surface area contributed by atoms with Crippen LogP contribution in [-0.2, 0) is 6.54 Å². The van der Waals surface area contributed by atoms with Crippen LogP contribution in [0.1, 0.15) is 24.4 Å². The third kappa shape index (κ3) is 3.72. The molecule has 2 atom stereocenters. The van der Waals surface area contributed by atoms with Crippen LogP contribution in [0.25, 0.3) is 11.3 Å². The molecule has 3 nitrogen and oxygen atoms in total. The summed E-state index contributed by atoms with van der Waals surface area (Å²) in [5.74, 6) is 0.890. The van der Waals surface area contributed by atoms with Gasteiger partial charge in [-0.15, -0.1) is 0 Å². The molecule has 124 valence electrons. The molecule has 4 heteroatoms. The monoisotopic (exact) mass is 325 g/mol. The van der Waals surface area contributed by atoms with Gasteiger partial charge in [0, 0.05) is 6.04 Å². The minimum atomic E-state index is -0.604. The van der Waals surface area contributed by atoms with E-state index in [4.69, 9.17) is 4.42 Å². The van der Waals surface area contributed by atoms with Crippen molar-refractivity contribution in [3.05, 3.63) is 83.9 Å². The second-order valence-corrected chi connectivity index (χ2v) is 5.77. The number of nitrogens with one attached hydrogen (secondary N) is 1. The zero-order valence-electron chi connectivity index (χ0n) is 13.4. The summed E-state index contributed by atoms with van der Waals surface area (Å²) in [6.45, 7) is 2.37. The van der Waals surface area contributed by atoms with E-state index in [1.807, 2.05) is 43.3 Å². The van der Waals surface area contributed by atoms with E-state index in [1.165, 1.54) is 6.07 Å². The SMILES string of the molecule is C[C@H](NCc1ccc(-c2ccccc2F)o1)[C@@H](O)c1ccccc1. The van der Waals surface area contributed by atoms with E-state index < -0.39 is 6.10 Å². The number of rotatable bonds is 6. The molecule has 0 aliphatic rings. The molecule has 0 spiro atoms. The molecule has 0 saturated heterocycles. The van der Waals surface area contributed by atoms with Gasteiger partial charge in [0.15, 0.2) is 0 Å². The Morgan fingerprint density at radius 1 is 1.00 bits per heavy atom. The van der Waals surface area contributed by atoms with Crippen LogP contribution in [0.5, 0.6) is 0 Å². The lowest BCUT2D eigenvalue weighted by molar-refractivity contribution is 0.134. The van der Waals surface area contributed by atoms with Crippen molar-refractivity contribution in [2.75, 3.05) is 0 Å². The molecule has 0 bridgehead atoms. The molecule has 24 heavy (non-hydrogen) atoms. The van der Waals surface area contributed by atoms with Gasteiger partial charge in [-0.25, -0.2) is 4.39 Å². The van der Waals surface area contributed by atoms with Gasteiger partial charge < -0.3 is 14.8 Å². The molecule has 1 heterocycles. The molecule has 0 saturated carbocycles. The van der Waals surface area contributed by atoms with E-state index >= 15 is 0 Å². The molecule has 2 N–H and O–H groups in total. The van der Waals surface area contributed by atoms with Crippen molar-refractivity contribution < 1.29 is 13.9 Å². The fourth-order valence-corrected chi connectivity index (χ4v) is 2.59. The first-order valence-electron chi connectivity index (χ1n) is 7.95. The van der Waals surface area contributed by atoms with Crippen LogP contribution in [0.2, 0.25) is 0 Å². The molecule has 2 aromatic carbocycles. The second-order valence-electron chi connectivity index (χ2n) is 5.77. The number of benzene rings is 2. The van der Waals surface area contributed by atoms with Crippen molar-refractivity contribution >= 4 is 0 Å². The van der Waals surface area contributed by atoms with E-state index in [2.05, 4.69) is 5.32 Å². The Morgan fingerprint density at radius 2 is 1.71 bits per heavy atom. The lowest BCUT2D eigenvalue weighted by atomic mass is 10.0. The van der Waals surface area contributed by atoms with Crippen LogP contribution < -0.4 is 5.32 Å². The first-order chi connectivity index (χ1) is 11.6. The molecule has 0 fully saturated rings. The highest BCUT2D eigenvalue weighted by Crippen LogP contribution is 2.25. The normalized spacial score (nSPS) is 13.6. The van der Waals surface area contributed by atoms with Crippen LogP contribution in [0.3, 0.4) is 0 Å². The quantitative estimate of drug-likeness (QED) is 0.710. The van der Waals surface area contributed by atoms with Gasteiger partial charge in [-0.1, -0.05) is 42.5 Å². The van der Waals surface area contributed by atoms with E-state index in [-0.39, 0.29) is 11.9 Å². The number of halogens is 1. The van der Waals surface area contributed by atoms with Gasteiger partial charge in [-0.2, -0.15) is 0 Å². The largest absolute Gasteiger partial charge is 0.460 e. The number of aliphatic hydroxyl groups is 1. The molecule has 3 aromatic rings. The Morgan fingerprint density at radius 3 is 2.46 bits per heavy atom. The molecule has 0 unspecified atom stereocenters. The first-order valence-corrected chi connectivity index (χ1v) is 7.95. The van der Waals surface area contributed by atoms with Gasteiger partial charge in [0.05, 0.1) is 18.2 Å². The number of hydrogen-bond donors (Lipinski definition) is 2. The molecule has 1 aromatic heterocycles. The van der Waals surface area contributed by atoms with Crippen LogP contribution in [0, 0.1) is 5.82 Å². The minimum absolute atomic E-state index is 0.144. The molecule has 3 rings (SSSR count). The Kier molecular flexibility index (Phi) is 5.08. The van der Waals surface area contributed by atoms with Crippen LogP contribution in [-0.4, -0.2) is 11.1 Å². The summed E-state index contributed by atoms with van der Waals surface area (Å²) < 4.78 is 19.5. The van der Waals surface area contributed by atoms with Crippen LogP contribution in [0.15, 0.2) is 71.1 Å².